The molecule has 0 bridgehead atoms. The van der Waals surface area contributed by atoms with Gasteiger partial charge in [-0.1, -0.05) is 55.8 Å². The highest BCUT2D eigenvalue weighted by molar-refractivity contribution is 5.93. The zero-order chi connectivity index (χ0) is 20.6. The van der Waals surface area contributed by atoms with E-state index in [9.17, 15) is 9.18 Å². The molecule has 0 saturated heterocycles. The van der Waals surface area contributed by atoms with Gasteiger partial charge in [0.15, 0.2) is 0 Å². The van der Waals surface area contributed by atoms with Gasteiger partial charge in [0, 0.05) is 12.1 Å². The molecule has 0 N–H and O–H groups in total. The van der Waals surface area contributed by atoms with Crippen LogP contribution in [0, 0.1) is 5.82 Å². The lowest BCUT2D eigenvalue weighted by atomic mass is 10.0. The molecule has 0 aliphatic rings. The van der Waals surface area contributed by atoms with Crippen LogP contribution in [-0.2, 0) is 11.3 Å². The number of hydrogen-bond acceptors (Lipinski definition) is 2. The molecule has 0 aromatic heterocycles. The Bertz CT molecular complexity index is 936. The summed E-state index contributed by atoms with van der Waals surface area (Å²) in [5.41, 5.74) is 3.77. The Morgan fingerprint density at radius 3 is 2.21 bits per heavy atom. The molecule has 3 nitrogen and oxygen atoms in total. The average Bonchev–Trinajstić information content (AvgIpc) is 2.76. The molecular weight excluding hydrogens is 365 g/mol. The van der Waals surface area contributed by atoms with E-state index in [1.807, 2.05) is 48.5 Å². The summed E-state index contributed by atoms with van der Waals surface area (Å²) in [7, 11) is 1.65. The number of ether oxygens (including phenoxy) is 1. The van der Waals surface area contributed by atoms with Crippen molar-refractivity contribution in [1.82, 2.24) is 0 Å². The van der Waals surface area contributed by atoms with Gasteiger partial charge >= 0.3 is 0 Å². The summed E-state index contributed by atoms with van der Waals surface area (Å²) in [6, 6.07) is 22.2. The van der Waals surface area contributed by atoms with Crippen molar-refractivity contribution >= 4 is 11.6 Å². The van der Waals surface area contributed by atoms with E-state index in [1.54, 1.807) is 24.1 Å². The zero-order valence-corrected chi connectivity index (χ0v) is 16.9. The number of halogens is 1. The van der Waals surface area contributed by atoms with Gasteiger partial charge in [-0.05, 0) is 53.4 Å². The lowest BCUT2D eigenvalue weighted by molar-refractivity contribution is -0.118. The monoisotopic (exact) mass is 391 g/mol. The molecule has 0 atom stereocenters. The van der Waals surface area contributed by atoms with E-state index in [-0.39, 0.29) is 11.7 Å². The molecule has 3 rings (SSSR count). The first-order chi connectivity index (χ1) is 14.1. The van der Waals surface area contributed by atoms with Crippen molar-refractivity contribution < 1.29 is 13.9 Å². The summed E-state index contributed by atoms with van der Waals surface area (Å²) < 4.78 is 18.9. The number of anilines is 1. The van der Waals surface area contributed by atoms with Crippen molar-refractivity contribution in [3.05, 3.63) is 84.2 Å². The van der Waals surface area contributed by atoms with Crippen LogP contribution in [0.25, 0.3) is 11.1 Å². The molecule has 1 amide bonds. The van der Waals surface area contributed by atoms with Gasteiger partial charge in [0.25, 0.3) is 0 Å². The van der Waals surface area contributed by atoms with Crippen LogP contribution in [0.4, 0.5) is 10.1 Å². The van der Waals surface area contributed by atoms with Gasteiger partial charge in [-0.3, -0.25) is 4.79 Å². The Kier molecular flexibility index (Phi) is 7.01. The molecule has 0 heterocycles. The summed E-state index contributed by atoms with van der Waals surface area (Å²) >= 11 is 0. The smallest absolute Gasteiger partial charge is 0.227 e. The number of hydrogen-bond donors (Lipinski definition) is 0. The topological polar surface area (TPSA) is 29.5 Å². The van der Waals surface area contributed by atoms with Crippen LogP contribution in [-0.4, -0.2) is 13.0 Å². The number of benzene rings is 3. The maximum Gasteiger partial charge on any atom is 0.227 e. The number of methoxy groups -OCH3 is 1. The fraction of sp³-hybridized carbons (Fsp3) is 0.240. The van der Waals surface area contributed by atoms with Crippen LogP contribution in [0.15, 0.2) is 72.8 Å². The van der Waals surface area contributed by atoms with E-state index in [2.05, 4.69) is 6.92 Å². The molecule has 4 heteroatoms. The minimum Gasteiger partial charge on any atom is -0.497 e. The van der Waals surface area contributed by atoms with Crippen molar-refractivity contribution in [3.63, 3.8) is 0 Å². The Morgan fingerprint density at radius 2 is 1.62 bits per heavy atom. The van der Waals surface area contributed by atoms with Gasteiger partial charge in [0.05, 0.1) is 13.7 Å². The van der Waals surface area contributed by atoms with Crippen molar-refractivity contribution in [1.29, 1.82) is 0 Å². The van der Waals surface area contributed by atoms with Gasteiger partial charge in [0.2, 0.25) is 5.91 Å². The van der Waals surface area contributed by atoms with Crippen LogP contribution in [0.3, 0.4) is 0 Å². The molecule has 0 fully saturated rings. The number of unbranched alkanes of at least 4 members (excludes halogenated alkanes) is 1. The molecule has 150 valence electrons. The zero-order valence-electron chi connectivity index (χ0n) is 16.9. The SMILES string of the molecule is CCCCC(=O)N(Cc1ccc(-c2ccc(OC)cc2)cc1)c1cccc(F)c1. The highest BCUT2D eigenvalue weighted by Crippen LogP contribution is 2.25. The molecule has 3 aromatic rings. The number of carbonyl (C=O) groups is 1. The molecule has 0 radical (unpaired) electrons. The second kappa shape index (κ2) is 9.87. The van der Waals surface area contributed by atoms with E-state index in [1.165, 1.54) is 12.1 Å². The fourth-order valence-electron chi connectivity index (χ4n) is 3.20. The van der Waals surface area contributed by atoms with Crippen molar-refractivity contribution in [2.24, 2.45) is 0 Å². The molecule has 0 spiro atoms. The fourth-order valence-corrected chi connectivity index (χ4v) is 3.20. The van der Waals surface area contributed by atoms with Crippen LogP contribution < -0.4 is 9.64 Å². The first kappa shape index (κ1) is 20.6. The Morgan fingerprint density at radius 1 is 0.966 bits per heavy atom. The average molecular weight is 391 g/mol. The van der Waals surface area contributed by atoms with Gasteiger partial charge in [-0.25, -0.2) is 4.39 Å². The van der Waals surface area contributed by atoms with Crippen molar-refractivity contribution in [3.8, 4) is 16.9 Å². The standard InChI is InChI=1S/C25H26FNO2/c1-3-4-8-25(28)27(23-7-5-6-22(26)17-23)18-19-9-11-20(12-10-19)21-13-15-24(29-2)16-14-21/h5-7,9-17H,3-4,8,18H2,1-2H3. The molecule has 0 saturated carbocycles. The minimum atomic E-state index is -0.342. The van der Waals surface area contributed by atoms with E-state index in [4.69, 9.17) is 4.74 Å². The first-order valence-corrected chi connectivity index (χ1v) is 9.90. The van der Waals surface area contributed by atoms with Crippen LogP contribution >= 0.6 is 0 Å². The van der Waals surface area contributed by atoms with Crippen LogP contribution in [0.1, 0.15) is 31.7 Å². The lowest BCUT2D eigenvalue weighted by Gasteiger charge is -2.23. The number of nitrogens with zero attached hydrogens (tertiary/aromatic N) is 1. The highest BCUT2D eigenvalue weighted by Gasteiger charge is 2.16. The molecule has 0 unspecified atom stereocenters. The van der Waals surface area contributed by atoms with E-state index < -0.39 is 0 Å². The lowest BCUT2D eigenvalue weighted by Crippen LogP contribution is -2.30. The number of carbonyl (C=O) groups excluding carboxylic acids is 1. The summed E-state index contributed by atoms with van der Waals surface area (Å²) in [6.45, 7) is 2.46. The van der Waals surface area contributed by atoms with Crippen LogP contribution in [0.5, 0.6) is 5.75 Å². The normalized spacial score (nSPS) is 10.6. The summed E-state index contributed by atoms with van der Waals surface area (Å²) in [4.78, 5) is 14.4. The maximum absolute atomic E-state index is 13.7. The quantitative estimate of drug-likeness (QED) is 0.456. The Balaban J connectivity index is 1.80. The van der Waals surface area contributed by atoms with Gasteiger partial charge in [-0.15, -0.1) is 0 Å². The summed E-state index contributed by atoms with van der Waals surface area (Å²) in [5.74, 6) is 0.490. The van der Waals surface area contributed by atoms with E-state index in [0.29, 0.717) is 18.7 Å². The van der Waals surface area contributed by atoms with Gasteiger partial charge in [-0.2, -0.15) is 0 Å². The summed E-state index contributed by atoms with van der Waals surface area (Å²) in [6.07, 6.45) is 2.22. The van der Waals surface area contributed by atoms with Gasteiger partial charge in [0.1, 0.15) is 11.6 Å². The predicted molar refractivity (Wildman–Crippen MR) is 116 cm³/mol. The summed E-state index contributed by atoms with van der Waals surface area (Å²) in [5, 5.41) is 0. The number of amides is 1. The Labute approximate surface area is 171 Å². The largest absolute Gasteiger partial charge is 0.497 e. The molecular formula is C25H26FNO2. The third-order valence-electron chi connectivity index (χ3n) is 4.88. The minimum absolute atomic E-state index is 0.0108. The number of rotatable bonds is 8. The molecule has 29 heavy (non-hydrogen) atoms. The Hall–Kier alpha value is -3.14. The maximum atomic E-state index is 13.7. The predicted octanol–water partition coefficient (Wildman–Crippen LogP) is 6.22. The second-order valence-corrected chi connectivity index (χ2v) is 6.99. The first-order valence-electron chi connectivity index (χ1n) is 9.90. The van der Waals surface area contributed by atoms with Crippen molar-refractivity contribution in [2.45, 2.75) is 32.7 Å². The molecule has 3 aromatic carbocycles. The molecule has 0 aliphatic carbocycles. The molecule has 0 aliphatic heterocycles. The third kappa shape index (κ3) is 5.44. The van der Waals surface area contributed by atoms with Gasteiger partial charge < -0.3 is 9.64 Å². The second-order valence-electron chi connectivity index (χ2n) is 6.99. The van der Waals surface area contributed by atoms with Crippen LogP contribution in [0.2, 0.25) is 0 Å². The third-order valence-corrected chi connectivity index (χ3v) is 4.88. The van der Waals surface area contributed by atoms with E-state index >= 15 is 0 Å². The van der Waals surface area contributed by atoms with Crippen molar-refractivity contribution in [2.75, 3.05) is 12.0 Å². The van der Waals surface area contributed by atoms with E-state index in [0.717, 1.165) is 35.3 Å². The highest BCUT2D eigenvalue weighted by atomic mass is 19.1.